The van der Waals surface area contributed by atoms with Gasteiger partial charge in [-0.25, -0.2) is 21.1 Å². The number of nitrogens with zero attached hydrogens (tertiary/aromatic N) is 1. The van der Waals surface area contributed by atoms with E-state index in [1.54, 1.807) is 19.1 Å². The molecule has 9 nitrogen and oxygen atoms in total. The van der Waals surface area contributed by atoms with Crippen molar-refractivity contribution in [3.05, 3.63) is 42.0 Å². The Hall–Kier alpha value is -2.79. The molecule has 4 rings (SSSR count). The van der Waals surface area contributed by atoms with Crippen molar-refractivity contribution in [1.82, 2.24) is 0 Å². The van der Waals surface area contributed by atoms with Crippen LogP contribution < -0.4 is 18.5 Å². The molecule has 11 heteroatoms. The van der Waals surface area contributed by atoms with E-state index in [-0.39, 0.29) is 28.4 Å². The Balaban J connectivity index is 1.69. The van der Waals surface area contributed by atoms with Crippen LogP contribution in [0.4, 0.5) is 11.4 Å². The maximum atomic E-state index is 13.0. The second-order valence-electron chi connectivity index (χ2n) is 6.64. The predicted octanol–water partition coefficient (Wildman–Crippen LogP) is 1.63. The molecule has 0 radical (unpaired) electrons. The minimum atomic E-state index is -4.06. The van der Waals surface area contributed by atoms with Gasteiger partial charge >= 0.3 is 0 Å². The third-order valence-corrected chi connectivity index (χ3v) is 7.78. The number of anilines is 2. The SMILES string of the molecule is Cc1ccc(N2C(=O)CCS2(=O)=O)cc1S(=O)(=O)Nc1ccc2c(c1)OCCO2. The van der Waals surface area contributed by atoms with Crippen molar-refractivity contribution in [2.45, 2.75) is 18.2 Å². The zero-order valence-corrected chi connectivity index (χ0v) is 17.0. The number of carbonyl (C=O) groups is 1. The lowest BCUT2D eigenvalue weighted by atomic mass is 10.2. The van der Waals surface area contributed by atoms with E-state index in [1.807, 2.05) is 0 Å². The Labute approximate surface area is 168 Å². The van der Waals surface area contributed by atoms with Crippen LogP contribution in [0.1, 0.15) is 12.0 Å². The van der Waals surface area contributed by atoms with E-state index >= 15 is 0 Å². The summed E-state index contributed by atoms with van der Waals surface area (Å²) in [7, 11) is -7.85. The van der Waals surface area contributed by atoms with Crippen molar-refractivity contribution in [2.24, 2.45) is 0 Å². The summed E-state index contributed by atoms with van der Waals surface area (Å²) in [6.07, 6.45) is -0.131. The lowest BCUT2D eigenvalue weighted by Gasteiger charge is -2.20. The van der Waals surface area contributed by atoms with E-state index in [4.69, 9.17) is 9.47 Å². The maximum Gasteiger partial charge on any atom is 0.262 e. The van der Waals surface area contributed by atoms with Gasteiger partial charge in [0.05, 0.1) is 22.0 Å². The van der Waals surface area contributed by atoms with Crippen molar-refractivity contribution in [1.29, 1.82) is 0 Å². The number of sulfonamides is 2. The molecule has 154 valence electrons. The molecule has 0 atom stereocenters. The molecule has 0 spiro atoms. The molecule has 1 amide bonds. The van der Waals surface area contributed by atoms with E-state index < -0.39 is 26.0 Å². The number of amides is 1. The fourth-order valence-electron chi connectivity index (χ4n) is 3.19. The van der Waals surface area contributed by atoms with Gasteiger partial charge in [-0.15, -0.1) is 0 Å². The minimum absolute atomic E-state index is 0.000601. The second kappa shape index (κ2) is 6.92. The van der Waals surface area contributed by atoms with E-state index in [0.29, 0.717) is 34.6 Å². The van der Waals surface area contributed by atoms with Gasteiger partial charge in [0, 0.05) is 12.5 Å². The number of fused-ring (bicyclic) bond motifs is 1. The lowest BCUT2D eigenvalue weighted by molar-refractivity contribution is -0.116. The van der Waals surface area contributed by atoms with Crippen LogP contribution in [0.15, 0.2) is 41.3 Å². The van der Waals surface area contributed by atoms with Crippen LogP contribution in [0, 0.1) is 6.92 Å². The quantitative estimate of drug-likeness (QED) is 0.771. The van der Waals surface area contributed by atoms with Crippen molar-refractivity contribution in [2.75, 3.05) is 28.0 Å². The van der Waals surface area contributed by atoms with E-state index in [2.05, 4.69) is 4.72 Å². The van der Waals surface area contributed by atoms with Crippen LogP contribution in [0.5, 0.6) is 11.5 Å². The van der Waals surface area contributed by atoms with Crippen LogP contribution >= 0.6 is 0 Å². The smallest absolute Gasteiger partial charge is 0.262 e. The molecule has 2 aromatic carbocycles. The fourth-order valence-corrected chi connectivity index (χ4v) is 5.96. The predicted molar refractivity (Wildman–Crippen MR) is 105 cm³/mol. The molecule has 2 heterocycles. The second-order valence-corrected chi connectivity index (χ2v) is 10.2. The molecule has 2 aliphatic rings. The Morgan fingerprint density at radius 2 is 1.76 bits per heavy atom. The standard InChI is InChI=1S/C18H18N2O7S2/c1-12-2-4-14(20-18(21)6-9-28(20,22)23)11-17(12)29(24,25)19-13-3-5-15-16(10-13)27-8-7-26-15/h2-5,10-11,19H,6-9H2,1H3. The zero-order valence-electron chi connectivity index (χ0n) is 15.4. The molecule has 0 bridgehead atoms. The van der Waals surface area contributed by atoms with Crippen molar-refractivity contribution in [3.63, 3.8) is 0 Å². The van der Waals surface area contributed by atoms with Crippen molar-refractivity contribution in [3.8, 4) is 11.5 Å². The van der Waals surface area contributed by atoms with Gasteiger partial charge in [0.2, 0.25) is 15.9 Å². The summed E-state index contributed by atoms with van der Waals surface area (Å²) in [5.74, 6) is 0.0693. The molecule has 0 aromatic heterocycles. The monoisotopic (exact) mass is 438 g/mol. The van der Waals surface area contributed by atoms with Gasteiger partial charge in [-0.1, -0.05) is 6.07 Å². The molecule has 0 aliphatic carbocycles. The largest absolute Gasteiger partial charge is 0.486 e. The summed E-state index contributed by atoms with van der Waals surface area (Å²) in [6, 6.07) is 8.73. The van der Waals surface area contributed by atoms with Gasteiger partial charge in [0.25, 0.3) is 10.0 Å². The number of nitrogens with one attached hydrogen (secondary N) is 1. The highest BCUT2D eigenvalue weighted by Crippen LogP contribution is 2.34. The average Bonchev–Trinajstić information content (AvgIpc) is 2.94. The van der Waals surface area contributed by atoms with Crippen molar-refractivity contribution < 1.29 is 31.1 Å². The molecule has 0 unspecified atom stereocenters. The Kier molecular flexibility index (Phi) is 4.66. The Bertz CT molecular complexity index is 1210. The average molecular weight is 438 g/mol. The summed E-state index contributed by atoms with van der Waals surface area (Å²) in [4.78, 5) is 11.9. The molecular formula is C18H18N2O7S2. The number of hydrogen-bond acceptors (Lipinski definition) is 7. The molecule has 1 N–H and O–H groups in total. The fraction of sp³-hybridized carbons (Fsp3) is 0.278. The molecule has 29 heavy (non-hydrogen) atoms. The van der Waals surface area contributed by atoms with Gasteiger partial charge in [0.15, 0.2) is 11.5 Å². The van der Waals surface area contributed by atoms with Gasteiger partial charge < -0.3 is 9.47 Å². The summed E-state index contributed by atoms with van der Waals surface area (Å²) in [5.41, 5.74) is 0.674. The highest BCUT2D eigenvalue weighted by molar-refractivity contribution is 7.94. The minimum Gasteiger partial charge on any atom is -0.486 e. The molecule has 1 saturated heterocycles. The topological polar surface area (TPSA) is 119 Å². The first-order chi connectivity index (χ1) is 13.7. The number of hydrogen-bond donors (Lipinski definition) is 1. The van der Waals surface area contributed by atoms with Crippen LogP contribution in [-0.4, -0.2) is 41.7 Å². The van der Waals surface area contributed by atoms with E-state index in [9.17, 15) is 21.6 Å². The molecule has 2 aliphatic heterocycles. The highest BCUT2D eigenvalue weighted by Gasteiger charge is 2.37. The van der Waals surface area contributed by atoms with Gasteiger partial charge in [0.1, 0.15) is 13.2 Å². The van der Waals surface area contributed by atoms with Crippen LogP contribution in [-0.2, 0) is 24.8 Å². The molecule has 1 fully saturated rings. The molecular weight excluding hydrogens is 420 g/mol. The normalized spacial score (nSPS) is 18.0. The highest BCUT2D eigenvalue weighted by atomic mass is 32.2. The third kappa shape index (κ3) is 3.62. The molecule has 2 aromatic rings. The zero-order chi connectivity index (χ0) is 20.8. The summed E-state index contributed by atoms with van der Waals surface area (Å²) in [6.45, 7) is 2.37. The number of ether oxygens (including phenoxy) is 2. The first-order valence-corrected chi connectivity index (χ1v) is 11.9. The maximum absolute atomic E-state index is 13.0. The summed E-state index contributed by atoms with van der Waals surface area (Å²) < 4.78 is 64.2. The lowest BCUT2D eigenvalue weighted by Crippen LogP contribution is -2.29. The third-order valence-electron chi connectivity index (χ3n) is 4.57. The number of aryl methyl sites for hydroxylation is 1. The Morgan fingerprint density at radius 1 is 1.03 bits per heavy atom. The van der Waals surface area contributed by atoms with Crippen molar-refractivity contribution >= 4 is 37.3 Å². The summed E-state index contributed by atoms with van der Waals surface area (Å²) in [5, 5.41) is 0. The van der Waals surface area contributed by atoms with Gasteiger partial charge in [-0.2, -0.15) is 0 Å². The van der Waals surface area contributed by atoms with Gasteiger partial charge in [-0.3, -0.25) is 9.52 Å². The first-order valence-electron chi connectivity index (χ1n) is 8.76. The van der Waals surface area contributed by atoms with E-state index in [1.165, 1.54) is 24.3 Å². The molecule has 0 saturated carbocycles. The Morgan fingerprint density at radius 3 is 2.45 bits per heavy atom. The number of benzene rings is 2. The van der Waals surface area contributed by atoms with E-state index in [0.717, 1.165) is 0 Å². The summed E-state index contributed by atoms with van der Waals surface area (Å²) >= 11 is 0. The van der Waals surface area contributed by atoms with Crippen LogP contribution in [0.25, 0.3) is 0 Å². The van der Waals surface area contributed by atoms with Crippen LogP contribution in [0.2, 0.25) is 0 Å². The number of rotatable bonds is 4. The van der Waals surface area contributed by atoms with Gasteiger partial charge in [-0.05, 0) is 36.8 Å². The first kappa shape index (κ1) is 19.5. The number of carbonyl (C=O) groups excluding carboxylic acids is 1. The van der Waals surface area contributed by atoms with Crippen LogP contribution in [0.3, 0.4) is 0 Å².